The van der Waals surface area contributed by atoms with Gasteiger partial charge in [-0.2, -0.15) is 0 Å². The van der Waals surface area contributed by atoms with Crippen molar-refractivity contribution in [3.8, 4) is 23.0 Å². The summed E-state index contributed by atoms with van der Waals surface area (Å²) in [6.07, 6.45) is 4.30. The van der Waals surface area contributed by atoms with E-state index in [-0.39, 0.29) is 58.8 Å². The number of methoxy groups -OCH3 is 4. The molecule has 290 valence electrons. The van der Waals surface area contributed by atoms with Crippen molar-refractivity contribution in [2.24, 2.45) is 23.7 Å². The van der Waals surface area contributed by atoms with Gasteiger partial charge < -0.3 is 38.2 Å². The Balaban J connectivity index is 0.916. The number of hydrogen-bond donors (Lipinski definition) is 0. The summed E-state index contributed by atoms with van der Waals surface area (Å²) >= 11 is 0. The number of nitrogens with zero attached hydrogens (tertiary/aromatic N) is 4. The second-order valence-corrected chi connectivity index (χ2v) is 18.7. The number of ether oxygens (including phenoxy) is 6. The number of hydrogen-bond acceptors (Lipinski definition) is 10. The lowest BCUT2D eigenvalue weighted by atomic mass is 9.52. The maximum Gasteiger partial charge on any atom is 0.231 e. The van der Waals surface area contributed by atoms with Crippen LogP contribution in [0.15, 0.2) is 46.9 Å². The molecule has 0 unspecified atom stereocenters. The number of benzene rings is 2. The summed E-state index contributed by atoms with van der Waals surface area (Å²) in [5.41, 5.74) is 6.82. The lowest BCUT2D eigenvalue weighted by Gasteiger charge is -2.62. The molecule has 12 aliphatic rings. The van der Waals surface area contributed by atoms with Crippen LogP contribution < -0.4 is 28.7 Å². The minimum absolute atomic E-state index is 0.0233. The monoisotopic (exact) mass is 758 g/mol. The van der Waals surface area contributed by atoms with Gasteiger partial charge in [0.25, 0.3) is 0 Å². The molecule has 2 aliphatic carbocycles. The molecule has 8 fully saturated rings. The maximum absolute atomic E-state index is 14.5. The van der Waals surface area contributed by atoms with Crippen LogP contribution in [0.4, 0.5) is 11.4 Å². The first-order valence-corrected chi connectivity index (χ1v) is 20.8. The average molecular weight is 759 g/mol. The predicted molar refractivity (Wildman–Crippen MR) is 201 cm³/mol. The number of piperidine rings is 4. The van der Waals surface area contributed by atoms with Crippen molar-refractivity contribution in [1.82, 2.24) is 9.80 Å². The van der Waals surface area contributed by atoms with Gasteiger partial charge in [-0.25, -0.2) is 0 Å². The van der Waals surface area contributed by atoms with Gasteiger partial charge in [0.1, 0.15) is 12.2 Å². The first-order chi connectivity index (χ1) is 27.3. The van der Waals surface area contributed by atoms with Crippen LogP contribution in [0.1, 0.15) is 49.7 Å². The summed E-state index contributed by atoms with van der Waals surface area (Å²) in [5, 5.41) is 0. The number of rotatable bonds is 5. The smallest absolute Gasteiger partial charge is 0.231 e. The van der Waals surface area contributed by atoms with Crippen LogP contribution in [0.2, 0.25) is 0 Å². The second kappa shape index (κ2) is 9.99. The Morgan fingerprint density at radius 2 is 1.02 bits per heavy atom. The van der Waals surface area contributed by atoms with Crippen molar-refractivity contribution in [3.63, 3.8) is 0 Å². The topological polar surface area (TPSA) is 102 Å². The first-order valence-electron chi connectivity index (χ1n) is 20.8. The van der Waals surface area contributed by atoms with E-state index in [0.717, 1.165) is 86.3 Å². The second-order valence-electron chi connectivity index (χ2n) is 18.7. The van der Waals surface area contributed by atoms with E-state index in [1.54, 1.807) is 28.4 Å². The SMILES string of the molecule is COc1cc2c(cc1OC)[C@]13CCN4CC5=C(C6=C7CN8CC[C@]9%10c%11cc(OC)c(OC)cc%11N%11C(=O)C[C@H](O6)[C@H]([C@H]7C[C@@H]89)[C@@H]%11%10)O[C@@H]6CC(=O)N2[C@H]1[C@H]6[C@H]5C[C@H]43. The Bertz CT molecular complexity index is 2160. The number of anilines is 2. The first kappa shape index (κ1) is 31.6. The van der Waals surface area contributed by atoms with Crippen molar-refractivity contribution in [3.05, 3.63) is 58.1 Å². The van der Waals surface area contributed by atoms with Gasteiger partial charge in [-0.3, -0.25) is 19.4 Å². The summed E-state index contributed by atoms with van der Waals surface area (Å²) in [4.78, 5) is 38.7. The van der Waals surface area contributed by atoms with Crippen LogP contribution >= 0.6 is 0 Å². The van der Waals surface area contributed by atoms with Crippen LogP contribution in [0.25, 0.3) is 0 Å². The third kappa shape index (κ3) is 3.19. The molecule has 10 aliphatic heterocycles. The van der Waals surface area contributed by atoms with E-state index in [4.69, 9.17) is 28.4 Å². The number of carbonyl (C=O) groups excluding carboxylic acids is 2. The highest BCUT2D eigenvalue weighted by Crippen LogP contribution is 2.71. The summed E-state index contributed by atoms with van der Waals surface area (Å²) < 4.78 is 38.0. The normalized spacial score (nSPS) is 42.1. The van der Waals surface area contributed by atoms with Crippen molar-refractivity contribution < 1.29 is 38.0 Å². The van der Waals surface area contributed by atoms with E-state index < -0.39 is 0 Å². The summed E-state index contributed by atoms with van der Waals surface area (Å²) in [6.45, 7) is 3.64. The zero-order valence-corrected chi connectivity index (χ0v) is 32.2. The van der Waals surface area contributed by atoms with Gasteiger partial charge in [-0.15, -0.1) is 0 Å². The largest absolute Gasteiger partial charge is 0.493 e. The number of amides is 2. The summed E-state index contributed by atoms with van der Waals surface area (Å²) in [5.74, 6) is 5.79. The molecule has 2 aromatic rings. The molecular formula is C44H46N4O8. The predicted octanol–water partition coefficient (Wildman–Crippen LogP) is 3.89. The Morgan fingerprint density at radius 3 is 1.43 bits per heavy atom. The third-order valence-corrected chi connectivity index (χ3v) is 17.6. The lowest BCUT2D eigenvalue weighted by molar-refractivity contribution is -0.141. The van der Waals surface area contributed by atoms with Gasteiger partial charge in [-0.05, 0) is 85.0 Å². The fourth-order valence-corrected chi connectivity index (χ4v) is 15.9. The lowest BCUT2D eigenvalue weighted by Crippen LogP contribution is -2.71. The molecule has 6 saturated heterocycles. The van der Waals surface area contributed by atoms with Gasteiger partial charge in [0, 0.05) is 60.0 Å². The third-order valence-electron chi connectivity index (χ3n) is 17.6. The highest BCUT2D eigenvalue weighted by Gasteiger charge is 2.75. The molecule has 0 aromatic heterocycles. The Kier molecular flexibility index (Phi) is 5.64. The van der Waals surface area contributed by atoms with Gasteiger partial charge in [0.2, 0.25) is 11.8 Å². The van der Waals surface area contributed by atoms with Gasteiger partial charge >= 0.3 is 0 Å². The van der Waals surface area contributed by atoms with E-state index in [1.807, 2.05) is 12.1 Å². The molecule has 12 heteroatoms. The molecule has 2 amide bonds. The number of carbonyl (C=O) groups is 2. The highest BCUT2D eigenvalue weighted by molar-refractivity contribution is 6.01. The van der Waals surface area contributed by atoms with Gasteiger partial charge in [-0.1, -0.05) is 0 Å². The van der Waals surface area contributed by atoms with Crippen molar-refractivity contribution in [2.75, 3.05) is 64.4 Å². The van der Waals surface area contributed by atoms with Crippen LogP contribution in [-0.4, -0.2) is 113 Å². The van der Waals surface area contributed by atoms with E-state index in [2.05, 4.69) is 31.7 Å². The molecule has 10 heterocycles. The molecular weight excluding hydrogens is 713 g/mol. The minimum atomic E-state index is -0.232. The molecule has 2 spiro atoms. The molecule has 12 nitrogen and oxygen atoms in total. The van der Waals surface area contributed by atoms with Gasteiger partial charge in [0.05, 0.1) is 64.7 Å². The molecule has 0 radical (unpaired) electrons. The maximum atomic E-state index is 14.5. The highest BCUT2D eigenvalue weighted by atomic mass is 16.5. The fourth-order valence-electron chi connectivity index (χ4n) is 15.9. The molecule has 0 N–H and O–H groups in total. The van der Waals surface area contributed by atoms with E-state index >= 15 is 0 Å². The van der Waals surface area contributed by atoms with Gasteiger partial charge in [0.15, 0.2) is 34.5 Å². The molecule has 14 rings (SSSR count). The zero-order valence-electron chi connectivity index (χ0n) is 32.2. The minimum Gasteiger partial charge on any atom is -0.493 e. The Hall–Kier alpha value is -4.42. The molecule has 2 saturated carbocycles. The van der Waals surface area contributed by atoms with Crippen LogP contribution in [0.5, 0.6) is 23.0 Å². The standard InChI is InChI=1S/C44H46N4O8/c1-51-27-11-23-25(13-29(27)53-3)47-35(49)15-31-37-19-9-33-43(23,41(37)47)5-7-45(33)17-21(19)39(55-31)40-22-18-46-8-6-44-24-12-28(52-2)30(54-4)14-26(24)48-36(50)16-32(56-40)38(42(44)48)20(22)10-34(44)46/h11-14,19-20,31-34,37-38,41-42H,5-10,15-18H2,1-4H3/t19-,20-,31-,32+,33+,34-,37-,38-,41+,42-,43-,44-/m0/s1. The Morgan fingerprint density at radius 1 is 0.607 bits per heavy atom. The van der Waals surface area contributed by atoms with E-state index in [1.165, 1.54) is 22.3 Å². The van der Waals surface area contributed by atoms with E-state index in [0.29, 0.717) is 48.3 Å². The van der Waals surface area contributed by atoms with Crippen molar-refractivity contribution in [1.29, 1.82) is 0 Å². The molecule has 56 heavy (non-hydrogen) atoms. The van der Waals surface area contributed by atoms with Crippen LogP contribution in [0, 0.1) is 23.7 Å². The zero-order chi connectivity index (χ0) is 37.3. The number of fused-ring (bicyclic) bond motifs is 4. The molecule has 12 atom stereocenters. The molecule has 2 aromatic carbocycles. The van der Waals surface area contributed by atoms with Crippen molar-refractivity contribution in [2.45, 2.75) is 85.7 Å². The summed E-state index contributed by atoms with van der Waals surface area (Å²) in [7, 11) is 6.73. The quantitative estimate of drug-likeness (QED) is 0.447. The van der Waals surface area contributed by atoms with Crippen molar-refractivity contribution >= 4 is 23.2 Å². The Labute approximate surface area is 325 Å². The summed E-state index contributed by atoms with van der Waals surface area (Å²) in [6, 6.07) is 9.15. The average Bonchev–Trinajstić information content (AvgIpc) is 3.96. The van der Waals surface area contributed by atoms with E-state index in [9.17, 15) is 9.59 Å². The van der Waals surface area contributed by atoms with Crippen LogP contribution in [0.3, 0.4) is 0 Å². The fraction of sp³-hybridized carbons (Fsp3) is 0.591. The van der Waals surface area contributed by atoms with Crippen LogP contribution in [-0.2, 0) is 29.9 Å². The molecule has 4 bridgehead atoms.